The summed E-state index contributed by atoms with van der Waals surface area (Å²) in [5.41, 5.74) is 0. The van der Waals surface area contributed by atoms with Crippen LogP contribution in [0.15, 0.2) is 0 Å². The molecule has 1 amide bonds. The molecule has 0 bridgehead atoms. The lowest BCUT2D eigenvalue weighted by atomic mass is 10.2. The highest BCUT2D eigenvalue weighted by Crippen LogP contribution is 2.20. The van der Waals surface area contributed by atoms with Crippen molar-refractivity contribution < 1.29 is 9.90 Å². The number of nitrogens with zero attached hydrogens (tertiary/aromatic N) is 1. The van der Waals surface area contributed by atoms with Crippen LogP contribution >= 0.6 is 25.3 Å². The fourth-order valence-corrected chi connectivity index (χ4v) is 2.39. The highest BCUT2D eigenvalue weighted by Gasteiger charge is 2.24. The lowest BCUT2D eigenvalue weighted by Gasteiger charge is -2.30. The first-order chi connectivity index (χ1) is 6.54. The van der Waals surface area contributed by atoms with E-state index in [-0.39, 0.29) is 10.7 Å². The summed E-state index contributed by atoms with van der Waals surface area (Å²) >= 11 is 8.55. The predicted molar refractivity (Wildman–Crippen MR) is 65.2 cm³/mol. The average Bonchev–Trinajstić information content (AvgIpc) is 2.04. The normalized spacial score (nSPS) is 14.9. The van der Waals surface area contributed by atoms with Crippen molar-refractivity contribution in [2.24, 2.45) is 0 Å². The zero-order valence-electron chi connectivity index (χ0n) is 8.68. The molecule has 0 heterocycles. The van der Waals surface area contributed by atoms with Crippen molar-refractivity contribution in [3.05, 3.63) is 0 Å². The molecule has 0 rings (SSSR count). The Kier molecular flexibility index (Phi) is 7.27. The van der Waals surface area contributed by atoms with Crippen LogP contribution in [0.4, 0.5) is 4.79 Å². The number of carbonyl (C=O) groups is 1. The maximum atomic E-state index is 11.0. The predicted octanol–water partition coefficient (Wildman–Crippen LogP) is 3.08. The first-order valence-corrected chi connectivity index (χ1v) is 5.95. The minimum atomic E-state index is -0.938. The van der Waals surface area contributed by atoms with Crippen molar-refractivity contribution in [1.82, 2.24) is 4.90 Å². The number of carboxylic acid groups (broad SMARTS) is 1. The summed E-state index contributed by atoms with van der Waals surface area (Å²) in [5.74, 6) is 0. The number of amides is 1. The molecule has 0 aliphatic rings. The fourth-order valence-electron chi connectivity index (χ4n) is 1.25. The third-order valence-corrected chi connectivity index (χ3v) is 2.97. The summed E-state index contributed by atoms with van der Waals surface area (Å²) in [6, 6.07) is 0. The van der Waals surface area contributed by atoms with E-state index in [0.717, 1.165) is 25.7 Å². The molecule has 2 unspecified atom stereocenters. The van der Waals surface area contributed by atoms with Crippen LogP contribution in [0.3, 0.4) is 0 Å². The summed E-state index contributed by atoms with van der Waals surface area (Å²) in [5, 5.41) is 8.51. The molecular formula is C9H19NO2S2. The topological polar surface area (TPSA) is 40.5 Å². The fraction of sp³-hybridized carbons (Fsp3) is 0.889. The molecule has 0 saturated carbocycles. The Morgan fingerprint density at radius 2 is 1.57 bits per heavy atom. The van der Waals surface area contributed by atoms with Gasteiger partial charge in [0.1, 0.15) is 0 Å². The average molecular weight is 237 g/mol. The Hall–Kier alpha value is -0.0300. The molecule has 0 fully saturated rings. The third kappa shape index (κ3) is 4.46. The van der Waals surface area contributed by atoms with Crippen molar-refractivity contribution >= 4 is 31.4 Å². The SMILES string of the molecule is CCCC(S)N(C(=O)O)C(S)CCC. The van der Waals surface area contributed by atoms with Crippen LogP contribution in [-0.2, 0) is 0 Å². The van der Waals surface area contributed by atoms with E-state index >= 15 is 0 Å². The van der Waals surface area contributed by atoms with Crippen LogP contribution in [0.25, 0.3) is 0 Å². The minimum absolute atomic E-state index is 0.244. The molecule has 1 N–H and O–H groups in total. The van der Waals surface area contributed by atoms with E-state index in [0.29, 0.717) is 0 Å². The van der Waals surface area contributed by atoms with Crippen LogP contribution in [0.2, 0.25) is 0 Å². The van der Waals surface area contributed by atoms with E-state index in [1.807, 2.05) is 13.8 Å². The Labute approximate surface area is 96.7 Å². The van der Waals surface area contributed by atoms with E-state index in [4.69, 9.17) is 5.11 Å². The van der Waals surface area contributed by atoms with Crippen molar-refractivity contribution in [2.45, 2.75) is 50.3 Å². The van der Waals surface area contributed by atoms with Gasteiger partial charge in [0.25, 0.3) is 0 Å². The van der Waals surface area contributed by atoms with E-state index in [1.54, 1.807) is 0 Å². The van der Waals surface area contributed by atoms with Crippen molar-refractivity contribution in [2.75, 3.05) is 0 Å². The maximum absolute atomic E-state index is 11.0. The van der Waals surface area contributed by atoms with Crippen molar-refractivity contribution in [1.29, 1.82) is 0 Å². The van der Waals surface area contributed by atoms with Gasteiger partial charge in [-0.25, -0.2) is 4.79 Å². The molecule has 0 spiro atoms. The number of hydrogen-bond acceptors (Lipinski definition) is 3. The Morgan fingerprint density at radius 3 is 1.79 bits per heavy atom. The largest absolute Gasteiger partial charge is 0.465 e. The zero-order valence-corrected chi connectivity index (χ0v) is 10.5. The molecule has 0 aromatic heterocycles. The molecule has 2 atom stereocenters. The van der Waals surface area contributed by atoms with Gasteiger partial charge < -0.3 is 5.11 Å². The molecule has 0 radical (unpaired) electrons. The summed E-state index contributed by atoms with van der Waals surface area (Å²) in [4.78, 5) is 12.3. The van der Waals surface area contributed by atoms with Gasteiger partial charge in [0.2, 0.25) is 0 Å². The molecule has 0 aromatic rings. The van der Waals surface area contributed by atoms with Crippen LogP contribution < -0.4 is 0 Å². The molecule has 0 aromatic carbocycles. The van der Waals surface area contributed by atoms with Crippen LogP contribution in [-0.4, -0.2) is 26.8 Å². The van der Waals surface area contributed by atoms with Crippen molar-refractivity contribution in [3.8, 4) is 0 Å². The molecule has 3 nitrogen and oxygen atoms in total. The van der Waals surface area contributed by atoms with Crippen LogP contribution in [0.1, 0.15) is 39.5 Å². The van der Waals surface area contributed by atoms with Gasteiger partial charge in [-0.05, 0) is 12.8 Å². The second-order valence-electron chi connectivity index (χ2n) is 3.23. The highest BCUT2D eigenvalue weighted by atomic mass is 32.1. The standard InChI is InChI=1S/C9H19NO2S2/c1-3-5-7(13)10(9(11)12)8(14)6-4-2/h7-8,13-14H,3-6H2,1-2H3,(H,11,12). The molecule has 0 aliphatic heterocycles. The maximum Gasteiger partial charge on any atom is 0.409 e. The lowest BCUT2D eigenvalue weighted by molar-refractivity contribution is 0.133. The Balaban J connectivity index is 4.33. The van der Waals surface area contributed by atoms with Gasteiger partial charge in [-0.2, -0.15) is 25.3 Å². The van der Waals surface area contributed by atoms with Crippen LogP contribution in [0.5, 0.6) is 0 Å². The van der Waals surface area contributed by atoms with Gasteiger partial charge in [0.15, 0.2) is 0 Å². The molecule has 0 aliphatic carbocycles. The lowest BCUT2D eigenvalue weighted by Crippen LogP contribution is -2.41. The van der Waals surface area contributed by atoms with E-state index in [2.05, 4.69) is 25.3 Å². The van der Waals surface area contributed by atoms with Gasteiger partial charge in [-0.15, -0.1) is 0 Å². The van der Waals surface area contributed by atoms with E-state index in [1.165, 1.54) is 4.90 Å². The zero-order chi connectivity index (χ0) is 11.1. The van der Waals surface area contributed by atoms with Gasteiger partial charge in [-0.1, -0.05) is 26.7 Å². The number of rotatable bonds is 6. The van der Waals surface area contributed by atoms with E-state index < -0.39 is 6.09 Å². The summed E-state index contributed by atoms with van der Waals surface area (Å²) in [6.07, 6.45) is 2.42. The molecule has 5 heteroatoms. The Morgan fingerprint density at radius 1 is 1.21 bits per heavy atom. The first-order valence-electron chi connectivity index (χ1n) is 4.91. The van der Waals surface area contributed by atoms with Gasteiger partial charge in [-0.3, -0.25) is 4.90 Å². The number of hydrogen-bond donors (Lipinski definition) is 3. The third-order valence-electron chi connectivity index (χ3n) is 1.96. The minimum Gasteiger partial charge on any atom is -0.465 e. The van der Waals surface area contributed by atoms with Gasteiger partial charge >= 0.3 is 6.09 Å². The first kappa shape index (κ1) is 14.0. The summed E-state index contributed by atoms with van der Waals surface area (Å²) in [7, 11) is 0. The highest BCUT2D eigenvalue weighted by molar-refractivity contribution is 7.81. The van der Waals surface area contributed by atoms with Crippen molar-refractivity contribution in [3.63, 3.8) is 0 Å². The monoisotopic (exact) mass is 237 g/mol. The Bertz CT molecular complexity index is 166. The van der Waals surface area contributed by atoms with Gasteiger partial charge in [0.05, 0.1) is 10.7 Å². The molecule has 14 heavy (non-hydrogen) atoms. The molecule has 84 valence electrons. The quantitative estimate of drug-likeness (QED) is 0.491. The summed E-state index contributed by atoms with van der Waals surface area (Å²) < 4.78 is 0. The summed E-state index contributed by atoms with van der Waals surface area (Å²) in [6.45, 7) is 4.02. The van der Waals surface area contributed by atoms with Crippen LogP contribution in [0, 0.1) is 0 Å². The smallest absolute Gasteiger partial charge is 0.409 e. The molecular weight excluding hydrogens is 218 g/mol. The number of thiol groups is 2. The van der Waals surface area contributed by atoms with Gasteiger partial charge in [0, 0.05) is 0 Å². The second kappa shape index (κ2) is 7.29. The molecule has 0 saturated heterocycles. The van der Waals surface area contributed by atoms with E-state index in [9.17, 15) is 4.79 Å². The second-order valence-corrected chi connectivity index (χ2v) is 4.42.